The summed E-state index contributed by atoms with van der Waals surface area (Å²) >= 11 is 0. The first kappa shape index (κ1) is 43.9. The van der Waals surface area contributed by atoms with Gasteiger partial charge in [0, 0.05) is 21.0 Å². The van der Waals surface area contributed by atoms with Crippen LogP contribution in [-0.4, -0.2) is 223 Å². The van der Waals surface area contributed by atoms with Crippen molar-refractivity contribution in [2.45, 2.75) is 137 Å². The van der Waals surface area contributed by atoms with Crippen LogP contribution in [0.15, 0.2) is 0 Å². The van der Waals surface area contributed by atoms with Crippen LogP contribution in [0.1, 0.15) is 13.8 Å². The van der Waals surface area contributed by atoms with Crippen LogP contribution < -0.4 is 10.6 Å². The van der Waals surface area contributed by atoms with E-state index < -0.39 is 160 Å². The molecule has 13 N–H and O–H groups in total. The molecule has 0 radical (unpaired) electrons. The van der Waals surface area contributed by atoms with Crippen molar-refractivity contribution in [3.8, 4) is 0 Å². The Balaban J connectivity index is 1.57. The lowest BCUT2D eigenvalue weighted by Crippen LogP contribution is -2.70. The lowest BCUT2D eigenvalue weighted by atomic mass is 9.94. The zero-order valence-corrected chi connectivity index (χ0v) is 28.8. The van der Waals surface area contributed by atoms with E-state index in [4.69, 9.17) is 37.9 Å². The lowest BCUT2D eigenvalue weighted by Gasteiger charge is -2.49. The summed E-state index contributed by atoms with van der Waals surface area (Å²) in [5.41, 5.74) is 0. The second-order valence-corrected chi connectivity index (χ2v) is 12.9. The molecule has 54 heavy (non-hydrogen) atoms. The number of carboxylic acid groups (broad SMARTS) is 2. The normalized spacial score (nSPS) is 45.6. The zero-order chi connectivity index (χ0) is 40.3. The molecule has 0 spiro atoms. The predicted molar refractivity (Wildman–Crippen MR) is 163 cm³/mol. The fourth-order valence-corrected chi connectivity index (χ4v) is 6.57. The van der Waals surface area contributed by atoms with Gasteiger partial charge in [0.15, 0.2) is 37.4 Å². The van der Waals surface area contributed by atoms with Gasteiger partial charge in [-0.3, -0.25) is 9.59 Å². The second kappa shape index (κ2) is 18.4. The van der Waals surface area contributed by atoms with Crippen molar-refractivity contribution in [3.05, 3.63) is 0 Å². The SMILES string of the molecule is COC1C(CO)O[C@H](OC2C(C(=O)O)O[C@@H](OC3C(CO)O[C@H](OC4C(C(=O)O)O[C@@H](O)[C@@H](O)C4O)[C@@H](NC(C)=O)C3O)[C@@H](O)C2O)[C@@H](NC(C)=O)C1O. The van der Waals surface area contributed by atoms with Crippen LogP contribution in [0.25, 0.3) is 0 Å². The van der Waals surface area contributed by atoms with Crippen LogP contribution in [0.5, 0.6) is 0 Å². The van der Waals surface area contributed by atoms with Crippen molar-refractivity contribution >= 4 is 23.8 Å². The Morgan fingerprint density at radius 3 is 1.37 bits per heavy atom. The minimum absolute atomic E-state index is 0.699. The Morgan fingerprint density at radius 1 is 0.537 bits per heavy atom. The van der Waals surface area contributed by atoms with E-state index >= 15 is 0 Å². The molecule has 0 aromatic carbocycles. The van der Waals surface area contributed by atoms with Gasteiger partial charge in [0.25, 0.3) is 0 Å². The number of rotatable bonds is 13. The monoisotopic (exact) mass is 790 g/mol. The first-order valence-corrected chi connectivity index (χ1v) is 16.5. The van der Waals surface area contributed by atoms with Gasteiger partial charge in [0.1, 0.15) is 85.3 Å². The summed E-state index contributed by atoms with van der Waals surface area (Å²) in [7, 11) is 1.19. The summed E-state index contributed by atoms with van der Waals surface area (Å²) in [4.78, 5) is 48.3. The molecular formula is C29H46N2O23. The van der Waals surface area contributed by atoms with Gasteiger partial charge in [0.2, 0.25) is 11.8 Å². The Morgan fingerprint density at radius 2 is 0.944 bits per heavy atom. The van der Waals surface area contributed by atoms with E-state index in [2.05, 4.69) is 10.6 Å². The van der Waals surface area contributed by atoms with E-state index in [9.17, 15) is 75.3 Å². The number of carbonyl (C=O) groups is 4. The molecule has 4 saturated heterocycles. The fourth-order valence-electron chi connectivity index (χ4n) is 6.57. The van der Waals surface area contributed by atoms with Gasteiger partial charge < -0.3 is 105 Å². The first-order chi connectivity index (χ1) is 25.4. The molecule has 0 aromatic heterocycles. The van der Waals surface area contributed by atoms with E-state index in [0.29, 0.717) is 0 Å². The van der Waals surface area contributed by atoms with E-state index in [-0.39, 0.29) is 0 Å². The maximum absolute atomic E-state index is 12.4. The number of aliphatic hydroxyl groups excluding tert-OH is 9. The number of methoxy groups -OCH3 is 1. The third kappa shape index (κ3) is 9.24. The maximum Gasteiger partial charge on any atom is 0.335 e. The molecule has 4 aliphatic heterocycles. The number of hydrogen-bond acceptors (Lipinski definition) is 21. The lowest BCUT2D eigenvalue weighted by molar-refractivity contribution is -0.370. The molecule has 310 valence electrons. The van der Waals surface area contributed by atoms with Crippen LogP contribution in [0, 0.1) is 0 Å². The minimum Gasteiger partial charge on any atom is -0.479 e. The molecule has 4 aliphatic rings. The predicted octanol–water partition coefficient (Wildman–Crippen LogP) is -8.62. The van der Waals surface area contributed by atoms with Crippen molar-refractivity contribution in [3.63, 3.8) is 0 Å². The number of carbonyl (C=O) groups excluding carboxylic acids is 2. The highest BCUT2D eigenvalue weighted by molar-refractivity contribution is 5.74. The standard InChI is InChI=1S/C29H46N2O23/c1-6(34)30-10-12(36)18(47-3)8(4-32)48-27(10)53-21-15(39)17(41)29(54-23(21)25(44)45)51-19-9(5-33)49-28(11(13(19)37)31-7(2)35)52-20-14(38)16(40)26(46)50-22(20)24(42)43/h8-23,26-29,32-33,36-41,46H,4-5H2,1-3H3,(H,30,34)(H,31,35)(H,42,43)(H,44,45)/t8?,9?,10-,11-,12?,13?,14?,15?,16-,17-,18?,19?,20?,21?,22?,23?,26+,27+,28+,29+/m0/s1. The highest BCUT2D eigenvalue weighted by atomic mass is 16.8. The molecular weight excluding hydrogens is 744 g/mol. The number of ether oxygens (including phenoxy) is 8. The average molecular weight is 791 g/mol. The van der Waals surface area contributed by atoms with Gasteiger partial charge in [-0.1, -0.05) is 0 Å². The van der Waals surface area contributed by atoms with Crippen molar-refractivity contribution in [2.24, 2.45) is 0 Å². The molecule has 4 fully saturated rings. The number of carboxylic acids is 2. The minimum atomic E-state index is -2.23. The van der Waals surface area contributed by atoms with Crippen LogP contribution in [-0.2, 0) is 57.1 Å². The van der Waals surface area contributed by atoms with Gasteiger partial charge in [0.05, 0.1) is 13.2 Å². The summed E-state index contributed by atoms with van der Waals surface area (Å²) in [5, 5.41) is 119. The molecule has 0 saturated carbocycles. The molecule has 20 atom stereocenters. The quantitative estimate of drug-likeness (QED) is 0.0823. The van der Waals surface area contributed by atoms with Gasteiger partial charge in [-0.15, -0.1) is 0 Å². The smallest absolute Gasteiger partial charge is 0.335 e. The Kier molecular flexibility index (Phi) is 15.0. The Bertz CT molecular complexity index is 1310. The molecule has 0 aliphatic carbocycles. The van der Waals surface area contributed by atoms with Gasteiger partial charge in [-0.2, -0.15) is 0 Å². The third-order valence-corrected chi connectivity index (χ3v) is 9.19. The maximum atomic E-state index is 12.4. The van der Waals surface area contributed by atoms with E-state index in [0.717, 1.165) is 13.8 Å². The van der Waals surface area contributed by atoms with Crippen molar-refractivity contribution in [1.82, 2.24) is 10.6 Å². The highest BCUT2D eigenvalue weighted by Gasteiger charge is 2.57. The summed E-state index contributed by atoms with van der Waals surface area (Å²) < 4.78 is 43.6. The van der Waals surface area contributed by atoms with E-state index in [1.807, 2.05) is 0 Å². The molecule has 0 aromatic rings. The number of aliphatic hydroxyl groups is 9. The molecule has 0 bridgehead atoms. The van der Waals surface area contributed by atoms with Crippen molar-refractivity contribution < 1.29 is 113 Å². The second-order valence-electron chi connectivity index (χ2n) is 12.9. The molecule has 2 amide bonds. The van der Waals surface area contributed by atoms with Crippen LogP contribution in [0.4, 0.5) is 0 Å². The fraction of sp³-hybridized carbons (Fsp3) is 0.862. The summed E-state index contributed by atoms with van der Waals surface area (Å²) in [6, 6.07) is -3.22. The van der Waals surface area contributed by atoms with Crippen molar-refractivity contribution in [1.29, 1.82) is 0 Å². The van der Waals surface area contributed by atoms with Crippen molar-refractivity contribution in [2.75, 3.05) is 20.3 Å². The molecule has 25 heteroatoms. The molecule has 12 unspecified atom stereocenters. The molecule has 25 nitrogen and oxygen atoms in total. The van der Waals surface area contributed by atoms with E-state index in [1.54, 1.807) is 0 Å². The first-order valence-electron chi connectivity index (χ1n) is 16.5. The number of nitrogens with one attached hydrogen (secondary N) is 2. The number of hydrogen-bond donors (Lipinski definition) is 13. The summed E-state index contributed by atoms with van der Waals surface area (Å²) in [5.74, 6) is -5.11. The van der Waals surface area contributed by atoms with Gasteiger partial charge in [-0.25, -0.2) is 9.59 Å². The number of aliphatic carboxylic acids is 2. The number of amides is 2. The molecule has 4 heterocycles. The summed E-state index contributed by atoms with van der Waals surface area (Å²) in [6.07, 6.45) is -34.8. The third-order valence-electron chi connectivity index (χ3n) is 9.19. The topological polar surface area (TPSA) is 389 Å². The Labute approximate surface area is 304 Å². The zero-order valence-electron chi connectivity index (χ0n) is 28.8. The highest BCUT2D eigenvalue weighted by Crippen LogP contribution is 2.34. The average Bonchev–Trinajstić information content (AvgIpc) is 3.10. The van der Waals surface area contributed by atoms with E-state index in [1.165, 1.54) is 7.11 Å². The van der Waals surface area contributed by atoms with Gasteiger partial charge >= 0.3 is 11.9 Å². The molecule has 4 rings (SSSR count). The largest absolute Gasteiger partial charge is 0.479 e. The van der Waals surface area contributed by atoms with Crippen LogP contribution in [0.2, 0.25) is 0 Å². The van der Waals surface area contributed by atoms with Crippen LogP contribution in [0.3, 0.4) is 0 Å². The van der Waals surface area contributed by atoms with Gasteiger partial charge in [-0.05, 0) is 0 Å². The Hall–Kier alpha value is -2.80. The van der Waals surface area contributed by atoms with Crippen LogP contribution >= 0.6 is 0 Å². The summed E-state index contributed by atoms with van der Waals surface area (Å²) in [6.45, 7) is 0.290.